The minimum atomic E-state index is -0.512. The van der Waals surface area contributed by atoms with Crippen molar-refractivity contribution in [3.63, 3.8) is 0 Å². The maximum Gasteiger partial charge on any atom is 0.373 e. The lowest BCUT2D eigenvalue weighted by Gasteiger charge is -2.20. The maximum atomic E-state index is 11.5. The normalized spacial score (nSPS) is 11.2. The van der Waals surface area contributed by atoms with Gasteiger partial charge in [0.2, 0.25) is 0 Å². The highest BCUT2D eigenvalue weighted by Gasteiger charge is 2.20. The van der Waals surface area contributed by atoms with Crippen LogP contribution in [0.25, 0.3) is 0 Å². The third-order valence-electron chi connectivity index (χ3n) is 2.34. The molecule has 0 amide bonds. The molecule has 0 spiro atoms. The predicted octanol–water partition coefficient (Wildman–Crippen LogP) is 2.55. The van der Waals surface area contributed by atoms with Crippen LogP contribution in [-0.4, -0.2) is 11.6 Å². The third kappa shape index (κ3) is 3.55. The molecule has 0 heterocycles. The van der Waals surface area contributed by atoms with Gasteiger partial charge < -0.3 is 5.73 Å². The molecule has 0 aliphatic carbocycles. The molecular weight excluding hydrogens is 206 g/mol. The molecule has 1 aromatic carbocycles. The van der Waals surface area contributed by atoms with Gasteiger partial charge in [-0.05, 0) is 44.5 Å². The Labute approximate surface area is 95.3 Å². The van der Waals surface area contributed by atoms with E-state index in [0.29, 0.717) is 11.3 Å². The molecule has 2 N–H and O–H groups in total. The fraction of sp³-hybridized carbons (Fsp3) is 0.417. The molecule has 0 atom stereocenters. The first-order chi connectivity index (χ1) is 7.44. The lowest BCUT2D eigenvalue weighted by molar-refractivity contribution is -0.307. The maximum absolute atomic E-state index is 11.5. The molecule has 4 heteroatoms. The molecule has 4 nitrogen and oxygen atoms in total. The van der Waals surface area contributed by atoms with Crippen LogP contribution in [0.4, 0.5) is 5.69 Å². The second-order valence-electron chi connectivity index (χ2n) is 4.19. The molecule has 1 rings (SSSR count). The molecule has 0 aromatic heterocycles. The van der Waals surface area contributed by atoms with Gasteiger partial charge in [-0.25, -0.2) is 4.79 Å². The number of benzene rings is 1. The van der Waals surface area contributed by atoms with E-state index < -0.39 is 11.6 Å². The van der Waals surface area contributed by atoms with Gasteiger partial charge >= 0.3 is 5.97 Å². The Balaban J connectivity index is 2.56. The van der Waals surface area contributed by atoms with Crippen LogP contribution in [0.15, 0.2) is 24.3 Å². The molecule has 0 unspecified atom stereocenters. The molecule has 0 fully saturated rings. The Kier molecular flexibility index (Phi) is 3.90. The highest BCUT2D eigenvalue weighted by Crippen LogP contribution is 2.15. The smallest absolute Gasteiger partial charge is 0.373 e. The summed E-state index contributed by atoms with van der Waals surface area (Å²) in [7, 11) is 0. The first-order valence-electron chi connectivity index (χ1n) is 5.20. The molecule has 0 saturated heterocycles. The van der Waals surface area contributed by atoms with Gasteiger partial charge in [-0.15, -0.1) is 0 Å². The molecule has 0 aliphatic heterocycles. The minimum absolute atomic E-state index is 0.418. The second kappa shape index (κ2) is 4.99. The Morgan fingerprint density at radius 3 is 2.38 bits per heavy atom. The van der Waals surface area contributed by atoms with Crippen molar-refractivity contribution >= 4 is 11.7 Å². The van der Waals surface area contributed by atoms with Crippen molar-refractivity contribution in [1.29, 1.82) is 0 Å². The zero-order chi connectivity index (χ0) is 12.2. The molecule has 0 saturated carbocycles. The van der Waals surface area contributed by atoms with E-state index in [1.165, 1.54) is 0 Å². The number of carbonyl (C=O) groups excluding carboxylic acids is 1. The second-order valence-corrected chi connectivity index (χ2v) is 4.19. The summed E-state index contributed by atoms with van der Waals surface area (Å²) < 4.78 is 0. The van der Waals surface area contributed by atoms with Crippen molar-refractivity contribution in [2.45, 2.75) is 32.8 Å². The van der Waals surface area contributed by atoms with Gasteiger partial charge in [0, 0.05) is 5.69 Å². The first kappa shape index (κ1) is 12.5. The van der Waals surface area contributed by atoms with Crippen LogP contribution >= 0.6 is 0 Å². The summed E-state index contributed by atoms with van der Waals surface area (Å²) in [5.74, 6) is -0.512. The van der Waals surface area contributed by atoms with Crippen LogP contribution in [0.5, 0.6) is 0 Å². The van der Waals surface area contributed by atoms with Crippen LogP contribution in [-0.2, 0) is 9.78 Å². The van der Waals surface area contributed by atoms with E-state index in [2.05, 4.69) is 0 Å². The molecular formula is C12H17NO3. The Morgan fingerprint density at radius 1 is 1.31 bits per heavy atom. The van der Waals surface area contributed by atoms with Crippen molar-refractivity contribution in [2.24, 2.45) is 0 Å². The van der Waals surface area contributed by atoms with Gasteiger partial charge in [0.05, 0.1) is 5.56 Å². The number of rotatable bonds is 4. The highest BCUT2D eigenvalue weighted by molar-refractivity contribution is 5.89. The number of nitrogen functional groups attached to an aromatic ring is 1. The lowest BCUT2D eigenvalue weighted by atomic mass is 10.1. The third-order valence-corrected chi connectivity index (χ3v) is 2.34. The van der Waals surface area contributed by atoms with Crippen molar-refractivity contribution in [3.05, 3.63) is 29.8 Å². The van der Waals surface area contributed by atoms with Crippen LogP contribution in [0, 0.1) is 0 Å². The van der Waals surface area contributed by atoms with Crippen molar-refractivity contribution < 1.29 is 14.6 Å². The molecule has 0 bridgehead atoms. The van der Waals surface area contributed by atoms with Crippen LogP contribution in [0.3, 0.4) is 0 Å². The van der Waals surface area contributed by atoms with Crippen LogP contribution in [0.2, 0.25) is 0 Å². The van der Waals surface area contributed by atoms with Crippen molar-refractivity contribution in [3.8, 4) is 0 Å². The van der Waals surface area contributed by atoms with Crippen molar-refractivity contribution in [2.75, 3.05) is 5.73 Å². The number of carbonyl (C=O) groups is 1. The van der Waals surface area contributed by atoms with Crippen LogP contribution in [0.1, 0.15) is 37.6 Å². The van der Waals surface area contributed by atoms with Crippen molar-refractivity contribution in [1.82, 2.24) is 0 Å². The monoisotopic (exact) mass is 223 g/mol. The zero-order valence-corrected chi connectivity index (χ0v) is 9.82. The summed E-state index contributed by atoms with van der Waals surface area (Å²) in [5.41, 5.74) is 6.06. The summed E-state index contributed by atoms with van der Waals surface area (Å²) in [4.78, 5) is 21.3. The number of hydrogen-bond acceptors (Lipinski definition) is 4. The lowest BCUT2D eigenvalue weighted by Crippen LogP contribution is -2.25. The summed E-state index contributed by atoms with van der Waals surface area (Å²) in [5, 5.41) is 0. The predicted molar refractivity (Wildman–Crippen MR) is 61.7 cm³/mol. The quantitative estimate of drug-likeness (QED) is 0.484. The Hall–Kier alpha value is -1.55. The fourth-order valence-corrected chi connectivity index (χ4v) is 0.877. The standard InChI is InChI=1S/C12H17NO3/c1-4-12(2,3)16-15-11(14)9-5-7-10(13)8-6-9/h5-8H,4,13H2,1-3H3. The van der Waals surface area contributed by atoms with Gasteiger partial charge in [0.25, 0.3) is 0 Å². The van der Waals surface area contributed by atoms with Gasteiger partial charge in [0.15, 0.2) is 0 Å². The van der Waals surface area contributed by atoms with Gasteiger partial charge in [-0.2, -0.15) is 4.89 Å². The summed E-state index contributed by atoms with van der Waals surface area (Å²) in [6.07, 6.45) is 0.752. The average Bonchev–Trinajstić information content (AvgIpc) is 2.27. The van der Waals surface area contributed by atoms with E-state index in [4.69, 9.17) is 15.5 Å². The molecule has 88 valence electrons. The zero-order valence-electron chi connectivity index (χ0n) is 9.82. The average molecular weight is 223 g/mol. The van der Waals surface area contributed by atoms with E-state index in [0.717, 1.165) is 6.42 Å². The highest BCUT2D eigenvalue weighted by atomic mass is 17.2. The first-order valence-corrected chi connectivity index (χ1v) is 5.20. The summed E-state index contributed by atoms with van der Waals surface area (Å²) in [6.45, 7) is 5.66. The largest absolute Gasteiger partial charge is 0.399 e. The number of anilines is 1. The SMILES string of the molecule is CCC(C)(C)OOC(=O)c1ccc(N)cc1. The number of hydrogen-bond donors (Lipinski definition) is 1. The van der Waals surface area contributed by atoms with Gasteiger partial charge in [-0.3, -0.25) is 4.89 Å². The Morgan fingerprint density at radius 2 is 1.88 bits per heavy atom. The molecule has 0 aliphatic rings. The topological polar surface area (TPSA) is 61.5 Å². The van der Waals surface area contributed by atoms with E-state index in [9.17, 15) is 4.79 Å². The van der Waals surface area contributed by atoms with Crippen LogP contribution < -0.4 is 5.73 Å². The van der Waals surface area contributed by atoms with Gasteiger partial charge in [0.1, 0.15) is 5.60 Å². The minimum Gasteiger partial charge on any atom is -0.399 e. The Bertz CT molecular complexity index is 357. The van der Waals surface area contributed by atoms with E-state index in [-0.39, 0.29) is 0 Å². The van der Waals surface area contributed by atoms with E-state index >= 15 is 0 Å². The molecule has 0 radical (unpaired) electrons. The van der Waals surface area contributed by atoms with E-state index in [1.807, 2.05) is 20.8 Å². The summed E-state index contributed by atoms with van der Waals surface area (Å²) >= 11 is 0. The summed E-state index contributed by atoms with van der Waals surface area (Å²) in [6, 6.07) is 6.48. The molecule has 1 aromatic rings. The molecule has 16 heavy (non-hydrogen) atoms. The fourth-order valence-electron chi connectivity index (χ4n) is 0.877. The van der Waals surface area contributed by atoms with Gasteiger partial charge in [-0.1, -0.05) is 6.92 Å². The number of nitrogens with two attached hydrogens (primary N) is 1. The van der Waals surface area contributed by atoms with E-state index in [1.54, 1.807) is 24.3 Å².